The Kier molecular flexibility index (Phi) is 4.86. The highest BCUT2D eigenvalue weighted by molar-refractivity contribution is 9.10. The second kappa shape index (κ2) is 6.62. The Bertz CT molecular complexity index is 526. The number of aryl methyl sites for hydroxylation is 1. The number of halogens is 1. The Morgan fingerprint density at radius 1 is 1.11 bits per heavy atom. The number of nitrogen functional groups attached to an aromatic ring is 1. The first-order valence-electron chi connectivity index (χ1n) is 6.47. The van der Waals surface area contributed by atoms with Gasteiger partial charge < -0.3 is 10.6 Å². The lowest BCUT2D eigenvalue weighted by atomic mass is 10.1. The van der Waals surface area contributed by atoms with Crippen LogP contribution in [0.3, 0.4) is 0 Å². The number of hydrogen-bond acceptors (Lipinski definition) is 2. The van der Waals surface area contributed by atoms with Crippen molar-refractivity contribution in [3.63, 3.8) is 0 Å². The Morgan fingerprint density at radius 3 is 2.53 bits per heavy atom. The van der Waals surface area contributed by atoms with Crippen molar-refractivity contribution in [2.24, 2.45) is 0 Å². The largest absolute Gasteiger partial charge is 0.399 e. The summed E-state index contributed by atoms with van der Waals surface area (Å²) < 4.78 is 1.05. The number of benzene rings is 2. The van der Waals surface area contributed by atoms with Gasteiger partial charge in [-0.2, -0.15) is 0 Å². The van der Waals surface area contributed by atoms with Gasteiger partial charge in [0.2, 0.25) is 0 Å². The fourth-order valence-electron chi connectivity index (χ4n) is 2.12. The number of anilines is 2. The fraction of sp³-hybridized carbons (Fsp3) is 0.250. The average molecular weight is 319 g/mol. The Morgan fingerprint density at radius 2 is 1.84 bits per heavy atom. The van der Waals surface area contributed by atoms with Crippen LogP contribution in [0.4, 0.5) is 11.4 Å². The molecule has 2 nitrogen and oxygen atoms in total. The molecule has 0 aliphatic carbocycles. The van der Waals surface area contributed by atoms with Gasteiger partial charge in [-0.25, -0.2) is 0 Å². The fourth-order valence-corrected chi connectivity index (χ4v) is 2.82. The molecule has 0 heterocycles. The highest BCUT2D eigenvalue weighted by Crippen LogP contribution is 2.27. The van der Waals surface area contributed by atoms with Crippen molar-refractivity contribution in [3.8, 4) is 0 Å². The van der Waals surface area contributed by atoms with Crippen LogP contribution in [0.5, 0.6) is 0 Å². The monoisotopic (exact) mass is 318 g/mol. The number of nitrogens with two attached hydrogens (primary N) is 1. The molecule has 0 spiro atoms. The maximum atomic E-state index is 5.76. The van der Waals surface area contributed by atoms with Gasteiger partial charge in [-0.1, -0.05) is 30.3 Å². The van der Waals surface area contributed by atoms with Crippen molar-refractivity contribution in [1.82, 2.24) is 0 Å². The van der Waals surface area contributed by atoms with Gasteiger partial charge in [0.15, 0.2) is 0 Å². The van der Waals surface area contributed by atoms with Crippen LogP contribution in [0, 0.1) is 0 Å². The van der Waals surface area contributed by atoms with Crippen LogP contribution < -0.4 is 10.6 Å². The van der Waals surface area contributed by atoms with Gasteiger partial charge in [0.1, 0.15) is 0 Å². The second-order valence-corrected chi connectivity index (χ2v) is 5.58. The van der Waals surface area contributed by atoms with Gasteiger partial charge in [0.05, 0.1) is 5.69 Å². The normalized spacial score (nSPS) is 10.4. The molecule has 2 aromatic rings. The van der Waals surface area contributed by atoms with Crippen LogP contribution in [-0.4, -0.2) is 13.6 Å². The average Bonchev–Trinajstić information content (AvgIpc) is 2.39. The SMILES string of the molecule is CN(CCCc1ccccc1)c1ccc(N)cc1Br. The summed E-state index contributed by atoms with van der Waals surface area (Å²) in [5, 5.41) is 0. The topological polar surface area (TPSA) is 29.3 Å². The summed E-state index contributed by atoms with van der Waals surface area (Å²) in [5.74, 6) is 0. The van der Waals surface area contributed by atoms with Gasteiger partial charge >= 0.3 is 0 Å². The van der Waals surface area contributed by atoms with Gasteiger partial charge in [0.25, 0.3) is 0 Å². The summed E-state index contributed by atoms with van der Waals surface area (Å²) >= 11 is 3.56. The van der Waals surface area contributed by atoms with Crippen molar-refractivity contribution in [2.45, 2.75) is 12.8 Å². The molecule has 0 saturated heterocycles. The molecule has 0 fully saturated rings. The lowest BCUT2D eigenvalue weighted by Gasteiger charge is -2.21. The summed E-state index contributed by atoms with van der Waals surface area (Å²) in [4.78, 5) is 2.26. The van der Waals surface area contributed by atoms with Crippen LogP contribution in [0.2, 0.25) is 0 Å². The van der Waals surface area contributed by atoms with E-state index in [-0.39, 0.29) is 0 Å². The van der Waals surface area contributed by atoms with Crippen molar-refractivity contribution < 1.29 is 0 Å². The molecule has 100 valence electrons. The summed E-state index contributed by atoms with van der Waals surface area (Å²) in [6.07, 6.45) is 2.25. The van der Waals surface area contributed by atoms with E-state index in [1.807, 2.05) is 12.1 Å². The van der Waals surface area contributed by atoms with Crippen LogP contribution in [0.15, 0.2) is 53.0 Å². The molecular weight excluding hydrogens is 300 g/mol. The van der Waals surface area contributed by atoms with E-state index in [0.717, 1.165) is 29.5 Å². The molecule has 0 saturated carbocycles. The summed E-state index contributed by atoms with van der Waals surface area (Å²) in [6, 6.07) is 16.5. The molecule has 0 aliphatic rings. The molecule has 0 aliphatic heterocycles. The van der Waals surface area contributed by atoms with Crippen LogP contribution in [-0.2, 0) is 6.42 Å². The minimum atomic E-state index is 0.785. The van der Waals surface area contributed by atoms with Crippen molar-refractivity contribution in [2.75, 3.05) is 24.2 Å². The highest BCUT2D eigenvalue weighted by atomic mass is 79.9. The minimum absolute atomic E-state index is 0.785. The summed E-state index contributed by atoms with van der Waals surface area (Å²) in [6.45, 7) is 1.03. The minimum Gasteiger partial charge on any atom is -0.399 e. The van der Waals surface area contributed by atoms with E-state index in [2.05, 4.69) is 64.3 Å². The Labute approximate surface area is 123 Å². The third-order valence-electron chi connectivity index (χ3n) is 3.18. The smallest absolute Gasteiger partial charge is 0.0509 e. The van der Waals surface area contributed by atoms with Crippen molar-refractivity contribution in [1.29, 1.82) is 0 Å². The van der Waals surface area contributed by atoms with Gasteiger partial charge in [0, 0.05) is 23.8 Å². The van der Waals surface area contributed by atoms with E-state index >= 15 is 0 Å². The first kappa shape index (κ1) is 13.9. The van der Waals surface area contributed by atoms with Crippen LogP contribution in [0.1, 0.15) is 12.0 Å². The summed E-state index contributed by atoms with van der Waals surface area (Å²) in [7, 11) is 2.11. The quantitative estimate of drug-likeness (QED) is 0.841. The second-order valence-electron chi connectivity index (χ2n) is 4.72. The molecule has 2 rings (SSSR count). The highest BCUT2D eigenvalue weighted by Gasteiger charge is 2.05. The first-order valence-corrected chi connectivity index (χ1v) is 7.26. The van der Waals surface area contributed by atoms with E-state index in [0.29, 0.717) is 0 Å². The number of hydrogen-bond donors (Lipinski definition) is 1. The van der Waals surface area contributed by atoms with E-state index in [1.165, 1.54) is 11.3 Å². The number of rotatable bonds is 5. The van der Waals surface area contributed by atoms with Crippen LogP contribution >= 0.6 is 15.9 Å². The van der Waals surface area contributed by atoms with Crippen molar-refractivity contribution in [3.05, 3.63) is 58.6 Å². The molecule has 3 heteroatoms. The molecule has 0 atom stereocenters. The van der Waals surface area contributed by atoms with E-state index < -0.39 is 0 Å². The third-order valence-corrected chi connectivity index (χ3v) is 3.82. The zero-order valence-electron chi connectivity index (χ0n) is 11.1. The van der Waals surface area contributed by atoms with E-state index in [9.17, 15) is 0 Å². The lowest BCUT2D eigenvalue weighted by molar-refractivity contribution is 0.785. The van der Waals surface area contributed by atoms with E-state index in [1.54, 1.807) is 0 Å². The van der Waals surface area contributed by atoms with Gasteiger partial charge in [-0.3, -0.25) is 0 Å². The molecular formula is C16H19BrN2. The number of nitrogens with zero attached hydrogens (tertiary/aromatic N) is 1. The molecule has 0 radical (unpaired) electrons. The van der Waals surface area contributed by atoms with Gasteiger partial charge in [-0.15, -0.1) is 0 Å². The zero-order chi connectivity index (χ0) is 13.7. The Hall–Kier alpha value is -1.48. The molecule has 2 N–H and O–H groups in total. The maximum absolute atomic E-state index is 5.76. The maximum Gasteiger partial charge on any atom is 0.0509 e. The van der Waals surface area contributed by atoms with Crippen LogP contribution in [0.25, 0.3) is 0 Å². The van der Waals surface area contributed by atoms with Crippen molar-refractivity contribution >= 4 is 27.3 Å². The molecule has 0 bridgehead atoms. The van der Waals surface area contributed by atoms with Gasteiger partial charge in [-0.05, 0) is 52.5 Å². The third kappa shape index (κ3) is 4.00. The predicted molar refractivity (Wildman–Crippen MR) is 86.6 cm³/mol. The molecule has 0 amide bonds. The lowest BCUT2D eigenvalue weighted by Crippen LogP contribution is -2.19. The molecule has 0 unspecified atom stereocenters. The Balaban J connectivity index is 1.89. The standard InChI is InChI=1S/C16H19BrN2/c1-19(16-10-9-14(18)12-15(16)17)11-5-8-13-6-3-2-4-7-13/h2-4,6-7,9-10,12H,5,8,11,18H2,1H3. The van der Waals surface area contributed by atoms with E-state index in [4.69, 9.17) is 5.73 Å². The summed E-state index contributed by atoms with van der Waals surface area (Å²) in [5.41, 5.74) is 9.12. The molecule has 2 aromatic carbocycles. The zero-order valence-corrected chi connectivity index (χ0v) is 12.7. The first-order chi connectivity index (χ1) is 9.16. The predicted octanol–water partition coefficient (Wildman–Crippen LogP) is 4.10. The molecule has 19 heavy (non-hydrogen) atoms. The molecule has 0 aromatic heterocycles.